The van der Waals surface area contributed by atoms with Gasteiger partial charge >= 0.3 is 0 Å². The van der Waals surface area contributed by atoms with Gasteiger partial charge in [-0.15, -0.1) is 0 Å². The van der Waals surface area contributed by atoms with Crippen molar-refractivity contribution in [3.63, 3.8) is 0 Å². The molecule has 0 saturated heterocycles. The van der Waals surface area contributed by atoms with Gasteiger partial charge in [0.25, 0.3) is 0 Å². The van der Waals surface area contributed by atoms with E-state index in [9.17, 15) is 4.39 Å². The molecule has 0 fully saturated rings. The Labute approximate surface area is 82.0 Å². The van der Waals surface area contributed by atoms with Crippen molar-refractivity contribution in [1.29, 1.82) is 0 Å². The van der Waals surface area contributed by atoms with Crippen LogP contribution in [0.25, 0.3) is 10.9 Å². The lowest BCUT2D eigenvalue weighted by Gasteiger charge is -2.04. The van der Waals surface area contributed by atoms with Gasteiger partial charge in [0.2, 0.25) is 0 Å². The zero-order valence-corrected chi connectivity index (χ0v) is 8.35. The van der Waals surface area contributed by atoms with E-state index in [1.807, 2.05) is 0 Å². The summed E-state index contributed by atoms with van der Waals surface area (Å²) in [7, 11) is 1.43. The molecule has 0 bridgehead atoms. The number of nitrogens with zero attached hydrogens (tertiary/aromatic N) is 1. The normalized spacial score (nSPS) is 10.7. The number of H-pyrrole nitrogens is 1. The van der Waals surface area contributed by atoms with Crippen LogP contribution in [-0.4, -0.2) is 17.3 Å². The predicted octanol–water partition coefficient (Wildman–Crippen LogP) is 2.47. The van der Waals surface area contributed by atoms with Crippen LogP contribution in [-0.2, 0) is 0 Å². The molecular weight excluding hydrogens is 239 g/mol. The highest BCUT2D eigenvalue weighted by atomic mass is 79.9. The Morgan fingerprint density at radius 1 is 1.62 bits per heavy atom. The summed E-state index contributed by atoms with van der Waals surface area (Å²) >= 11 is 3.25. The van der Waals surface area contributed by atoms with Crippen molar-refractivity contribution in [3.8, 4) is 5.75 Å². The molecule has 68 valence electrons. The average Bonchev–Trinajstić information content (AvgIpc) is 2.53. The molecule has 0 aliphatic rings. The quantitative estimate of drug-likeness (QED) is 0.837. The predicted molar refractivity (Wildman–Crippen MR) is 50.3 cm³/mol. The minimum atomic E-state index is -0.411. The molecule has 1 N–H and O–H groups in total. The van der Waals surface area contributed by atoms with Crippen LogP contribution in [0.4, 0.5) is 4.39 Å². The lowest BCUT2D eigenvalue weighted by atomic mass is 10.2. The third kappa shape index (κ3) is 1.19. The second kappa shape index (κ2) is 2.99. The Kier molecular flexibility index (Phi) is 1.95. The fourth-order valence-electron chi connectivity index (χ4n) is 1.19. The summed E-state index contributed by atoms with van der Waals surface area (Å²) in [5.74, 6) is -0.208. The molecule has 0 atom stereocenters. The average molecular weight is 245 g/mol. The maximum absolute atomic E-state index is 13.3. The summed E-state index contributed by atoms with van der Waals surface area (Å²) in [6, 6.07) is 1.35. The second-order valence-electron chi connectivity index (χ2n) is 2.54. The van der Waals surface area contributed by atoms with Gasteiger partial charge in [0.1, 0.15) is 0 Å². The zero-order valence-electron chi connectivity index (χ0n) is 6.77. The summed E-state index contributed by atoms with van der Waals surface area (Å²) in [6.07, 6.45) is 1.61. The fraction of sp³-hybridized carbons (Fsp3) is 0.125. The maximum atomic E-state index is 13.3. The first-order chi connectivity index (χ1) is 6.24. The minimum Gasteiger partial charge on any atom is -0.492 e. The van der Waals surface area contributed by atoms with Crippen molar-refractivity contribution in [2.45, 2.75) is 0 Å². The van der Waals surface area contributed by atoms with Crippen LogP contribution in [0.5, 0.6) is 5.75 Å². The number of aromatic nitrogens is 2. The van der Waals surface area contributed by atoms with Gasteiger partial charge in [0.05, 0.1) is 23.3 Å². The topological polar surface area (TPSA) is 37.9 Å². The van der Waals surface area contributed by atoms with Gasteiger partial charge in [-0.1, -0.05) is 0 Å². The molecule has 2 rings (SSSR count). The fourth-order valence-corrected chi connectivity index (χ4v) is 1.85. The molecule has 13 heavy (non-hydrogen) atoms. The molecule has 1 heterocycles. The number of hydrogen-bond donors (Lipinski definition) is 1. The SMILES string of the molecule is COc1c(F)cc2[nH]ncc2c1Br. The largest absolute Gasteiger partial charge is 0.492 e. The van der Waals surface area contributed by atoms with Crippen LogP contribution >= 0.6 is 15.9 Å². The molecular formula is C8H6BrFN2O. The third-order valence-electron chi connectivity index (χ3n) is 1.80. The molecule has 0 radical (unpaired) electrons. The number of nitrogens with one attached hydrogen (secondary N) is 1. The van der Waals surface area contributed by atoms with E-state index in [1.54, 1.807) is 6.20 Å². The van der Waals surface area contributed by atoms with Gasteiger partial charge in [-0.3, -0.25) is 5.10 Å². The van der Waals surface area contributed by atoms with Gasteiger partial charge in [0.15, 0.2) is 11.6 Å². The molecule has 2 aromatic rings. The molecule has 0 unspecified atom stereocenters. The van der Waals surface area contributed by atoms with Gasteiger partial charge in [-0.05, 0) is 15.9 Å². The summed E-state index contributed by atoms with van der Waals surface area (Å²) in [6.45, 7) is 0. The molecule has 0 saturated carbocycles. The van der Waals surface area contributed by atoms with Crippen LogP contribution in [0.15, 0.2) is 16.7 Å². The van der Waals surface area contributed by atoms with Crippen LogP contribution in [0.3, 0.4) is 0 Å². The molecule has 1 aromatic heterocycles. The van der Waals surface area contributed by atoms with Gasteiger partial charge in [-0.25, -0.2) is 4.39 Å². The molecule has 0 aliphatic carbocycles. The lowest BCUT2D eigenvalue weighted by molar-refractivity contribution is 0.385. The first kappa shape index (κ1) is 8.50. The number of ether oxygens (including phenoxy) is 1. The van der Waals surface area contributed by atoms with Crippen molar-refractivity contribution in [2.24, 2.45) is 0 Å². The summed E-state index contributed by atoms with van der Waals surface area (Å²) in [4.78, 5) is 0. The van der Waals surface area contributed by atoms with Crippen LogP contribution < -0.4 is 4.74 Å². The summed E-state index contributed by atoms with van der Waals surface area (Å²) < 4.78 is 18.7. The van der Waals surface area contributed by atoms with E-state index in [2.05, 4.69) is 26.1 Å². The Hall–Kier alpha value is -1.10. The monoisotopic (exact) mass is 244 g/mol. The van der Waals surface area contributed by atoms with E-state index >= 15 is 0 Å². The van der Waals surface area contributed by atoms with E-state index < -0.39 is 5.82 Å². The van der Waals surface area contributed by atoms with E-state index in [0.717, 1.165) is 5.39 Å². The number of rotatable bonds is 1. The highest BCUT2D eigenvalue weighted by molar-refractivity contribution is 9.10. The summed E-state index contributed by atoms with van der Waals surface area (Å²) in [5, 5.41) is 7.28. The maximum Gasteiger partial charge on any atom is 0.169 e. The Morgan fingerprint density at radius 3 is 3.08 bits per heavy atom. The Bertz CT molecular complexity index is 455. The van der Waals surface area contributed by atoms with Gasteiger partial charge < -0.3 is 4.74 Å². The lowest BCUT2D eigenvalue weighted by Crippen LogP contribution is -1.89. The van der Waals surface area contributed by atoms with Gasteiger partial charge in [0, 0.05) is 11.5 Å². The molecule has 5 heteroatoms. The zero-order chi connectivity index (χ0) is 9.42. The molecule has 0 amide bonds. The van der Waals surface area contributed by atoms with Crippen molar-refractivity contribution in [3.05, 3.63) is 22.6 Å². The van der Waals surface area contributed by atoms with Crippen molar-refractivity contribution >= 4 is 26.8 Å². The minimum absolute atomic E-state index is 0.203. The first-order valence-corrected chi connectivity index (χ1v) is 4.38. The molecule has 1 aromatic carbocycles. The number of hydrogen-bond acceptors (Lipinski definition) is 2. The van der Waals surface area contributed by atoms with E-state index in [4.69, 9.17) is 4.74 Å². The Morgan fingerprint density at radius 2 is 2.38 bits per heavy atom. The van der Waals surface area contributed by atoms with E-state index in [1.165, 1.54) is 13.2 Å². The van der Waals surface area contributed by atoms with E-state index in [-0.39, 0.29) is 5.75 Å². The van der Waals surface area contributed by atoms with Crippen LogP contribution in [0, 0.1) is 5.82 Å². The smallest absolute Gasteiger partial charge is 0.169 e. The number of aromatic amines is 1. The van der Waals surface area contributed by atoms with Gasteiger partial charge in [-0.2, -0.15) is 5.10 Å². The van der Waals surface area contributed by atoms with Crippen molar-refractivity contribution in [2.75, 3.05) is 7.11 Å². The van der Waals surface area contributed by atoms with Crippen LogP contribution in [0.2, 0.25) is 0 Å². The summed E-state index contributed by atoms with van der Waals surface area (Å²) in [5.41, 5.74) is 0.644. The van der Waals surface area contributed by atoms with Crippen LogP contribution in [0.1, 0.15) is 0 Å². The van der Waals surface area contributed by atoms with Crippen molar-refractivity contribution in [1.82, 2.24) is 10.2 Å². The molecule has 0 spiro atoms. The Balaban J connectivity index is 2.85. The number of halogens is 2. The number of benzene rings is 1. The number of fused-ring (bicyclic) bond motifs is 1. The number of methoxy groups -OCH3 is 1. The first-order valence-electron chi connectivity index (χ1n) is 3.59. The second-order valence-corrected chi connectivity index (χ2v) is 3.33. The standard InChI is InChI=1S/C8H6BrFN2O/c1-13-8-5(10)2-6-4(7(8)9)3-11-12-6/h2-3H,1H3,(H,11,12). The highest BCUT2D eigenvalue weighted by Crippen LogP contribution is 2.34. The van der Waals surface area contributed by atoms with Crippen molar-refractivity contribution < 1.29 is 9.13 Å². The third-order valence-corrected chi connectivity index (χ3v) is 2.58. The van der Waals surface area contributed by atoms with E-state index in [0.29, 0.717) is 9.99 Å². The molecule has 0 aliphatic heterocycles. The molecule has 3 nitrogen and oxygen atoms in total. The highest BCUT2D eigenvalue weighted by Gasteiger charge is 2.12.